The van der Waals surface area contributed by atoms with E-state index >= 15 is 0 Å². The second-order valence-electron chi connectivity index (χ2n) is 7.59. The molecular formula is C22H25F3N2O5. The molecule has 7 nitrogen and oxygen atoms in total. The van der Waals surface area contributed by atoms with Crippen LogP contribution in [0.4, 0.5) is 13.2 Å². The summed E-state index contributed by atoms with van der Waals surface area (Å²) < 4.78 is 52.3. The number of benzene rings is 1. The maximum absolute atomic E-state index is 13.4. The molecule has 0 bridgehead atoms. The van der Waals surface area contributed by atoms with Crippen molar-refractivity contribution in [3.8, 4) is 11.6 Å². The van der Waals surface area contributed by atoms with Crippen LogP contribution in [0.1, 0.15) is 49.4 Å². The van der Waals surface area contributed by atoms with Crippen molar-refractivity contribution in [3.63, 3.8) is 0 Å². The topological polar surface area (TPSA) is 97.5 Å². The standard InChI is InChI=1S/C22H25F3N2O5/c1-3-7-15-17(9-8-14-16(22(23,24)25)12-18(28)32-19(14)15)31-11-6-4-5-10-27-20(29)13(2)26-21(27)30/h8-9,12,29H,3-7,10-11H2,1-2H3,(H,26,30). The van der Waals surface area contributed by atoms with Gasteiger partial charge in [0.05, 0.1) is 17.9 Å². The Balaban J connectivity index is 1.70. The number of unbranched alkanes of at least 4 members (excludes halogenated alkanes) is 2. The molecule has 0 saturated carbocycles. The van der Waals surface area contributed by atoms with Gasteiger partial charge in [-0.25, -0.2) is 9.59 Å². The van der Waals surface area contributed by atoms with Crippen molar-refractivity contribution in [2.75, 3.05) is 6.61 Å². The molecule has 3 aromatic rings. The molecule has 0 amide bonds. The minimum Gasteiger partial charge on any atom is -0.493 e. The van der Waals surface area contributed by atoms with Gasteiger partial charge < -0.3 is 19.2 Å². The van der Waals surface area contributed by atoms with Gasteiger partial charge in [-0.1, -0.05) is 13.3 Å². The highest BCUT2D eigenvalue weighted by atomic mass is 19.4. The normalized spacial score (nSPS) is 11.9. The number of hydrogen-bond acceptors (Lipinski definition) is 5. The number of aromatic hydroxyl groups is 1. The summed E-state index contributed by atoms with van der Waals surface area (Å²) in [4.78, 5) is 26.0. The first kappa shape index (κ1) is 23.5. The van der Waals surface area contributed by atoms with Crippen molar-refractivity contribution in [3.05, 3.63) is 55.9 Å². The van der Waals surface area contributed by atoms with Crippen molar-refractivity contribution in [1.82, 2.24) is 9.55 Å². The molecule has 2 aromatic heterocycles. The molecule has 0 aliphatic carbocycles. The minimum atomic E-state index is -4.67. The van der Waals surface area contributed by atoms with Gasteiger partial charge in [0.25, 0.3) is 0 Å². The number of fused-ring (bicyclic) bond motifs is 1. The Labute approximate surface area is 181 Å². The summed E-state index contributed by atoms with van der Waals surface area (Å²) in [6.07, 6.45) is -1.67. The minimum absolute atomic E-state index is 0.0775. The molecule has 10 heteroatoms. The van der Waals surface area contributed by atoms with Gasteiger partial charge in [0, 0.05) is 23.6 Å². The highest BCUT2D eigenvalue weighted by molar-refractivity contribution is 5.85. The van der Waals surface area contributed by atoms with Crippen molar-refractivity contribution < 1.29 is 27.4 Å². The molecule has 0 fully saturated rings. The molecule has 0 aliphatic heterocycles. The van der Waals surface area contributed by atoms with Crippen LogP contribution < -0.4 is 16.1 Å². The monoisotopic (exact) mass is 454 g/mol. The Hall–Kier alpha value is -3.17. The number of nitrogens with zero attached hydrogens (tertiary/aromatic N) is 1. The van der Waals surface area contributed by atoms with E-state index in [0.29, 0.717) is 68.3 Å². The summed E-state index contributed by atoms with van der Waals surface area (Å²) in [5.41, 5.74) is -1.69. The third kappa shape index (κ3) is 5.00. The number of H-pyrrole nitrogens is 1. The fourth-order valence-electron chi connectivity index (χ4n) is 3.64. The Morgan fingerprint density at radius 3 is 2.56 bits per heavy atom. The molecular weight excluding hydrogens is 429 g/mol. The van der Waals surface area contributed by atoms with Crippen LogP contribution >= 0.6 is 0 Å². The second-order valence-corrected chi connectivity index (χ2v) is 7.59. The van der Waals surface area contributed by atoms with E-state index in [-0.39, 0.29) is 22.5 Å². The molecule has 0 radical (unpaired) electrons. The first-order valence-electron chi connectivity index (χ1n) is 10.4. The van der Waals surface area contributed by atoms with E-state index in [9.17, 15) is 27.9 Å². The molecule has 2 N–H and O–H groups in total. The molecule has 174 valence electrons. The number of hydrogen-bond donors (Lipinski definition) is 2. The Kier molecular flexibility index (Phi) is 7.00. The summed E-state index contributed by atoms with van der Waals surface area (Å²) in [7, 11) is 0. The molecule has 0 unspecified atom stereocenters. The number of alkyl halides is 3. The first-order chi connectivity index (χ1) is 15.1. The van der Waals surface area contributed by atoms with Gasteiger partial charge in [0.15, 0.2) is 0 Å². The van der Waals surface area contributed by atoms with Gasteiger partial charge >= 0.3 is 17.5 Å². The number of rotatable bonds is 9. The number of imidazole rings is 1. The average Bonchev–Trinajstić information content (AvgIpc) is 2.96. The number of aromatic amines is 1. The van der Waals surface area contributed by atoms with Crippen LogP contribution in [0.25, 0.3) is 11.0 Å². The van der Waals surface area contributed by atoms with Gasteiger partial charge in [-0.3, -0.25) is 4.57 Å². The van der Waals surface area contributed by atoms with Crippen molar-refractivity contribution in [2.24, 2.45) is 0 Å². The predicted molar refractivity (Wildman–Crippen MR) is 112 cm³/mol. The number of nitrogens with one attached hydrogen (secondary N) is 1. The van der Waals surface area contributed by atoms with Crippen molar-refractivity contribution in [1.29, 1.82) is 0 Å². The van der Waals surface area contributed by atoms with E-state index in [1.165, 1.54) is 16.7 Å². The first-order valence-corrected chi connectivity index (χ1v) is 10.4. The quantitative estimate of drug-likeness (QED) is 0.366. The molecule has 3 rings (SSSR count). The van der Waals surface area contributed by atoms with Crippen LogP contribution in [0.5, 0.6) is 11.6 Å². The lowest BCUT2D eigenvalue weighted by Crippen LogP contribution is -2.16. The fraction of sp³-hybridized carbons (Fsp3) is 0.455. The summed E-state index contributed by atoms with van der Waals surface area (Å²) in [5, 5.41) is 9.67. The van der Waals surface area contributed by atoms with E-state index in [1.54, 1.807) is 6.92 Å². The van der Waals surface area contributed by atoms with Crippen molar-refractivity contribution in [2.45, 2.75) is 58.7 Å². The third-order valence-corrected chi connectivity index (χ3v) is 5.19. The molecule has 0 aliphatic rings. The number of halogens is 3. The van der Waals surface area contributed by atoms with Crippen molar-refractivity contribution >= 4 is 11.0 Å². The van der Waals surface area contributed by atoms with E-state index < -0.39 is 17.4 Å². The molecule has 0 saturated heterocycles. The average molecular weight is 454 g/mol. The Morgan fingerprint density at radius 2 is 1.94 bits per heavy atom. The summed E-state index contributed by atoms with van der Waals surface area (Å²) in [6.45, 7) is 4.14. The molecule has 32 heavy (non-hydrogen) atoms. The van der Waals surface area contributed by atoms with Gasteiger partial charge in [-0.15, -0.1) is 0 Å². The van der Waals surface area contributed by atoms with Gasteiger partial charge in [-0.05, 0) is 44.7 Å². The third-order valence-electron chi connectivity index (χ3n) is 5.19. The Morgan fingerprint density at radius 1 is 1.19 bits per heavy atom. The van der Waals surface area contributed by atoms with Crippen LogP contribution in [0.3, 0.4) is 0 Å². The van der Waals surface area contributed by atoms with Crippen LogP contribution in [-0.2, 0) is 19.1 Å². The largest absolute Gasteiger partial charge is 0.493 e. The zero-order valence-corrected chi connectivity index (χ0v) is 17.8. The van der Waals surface area contributed by atoms with E-state index in [4.69, 9.17) is 9.15 Å². The lowest BCUT2D eigenvalue weighted by atomic mass is 10.0. The number of ether oxygens (including phenoxy) is 1. The summed E-state index contributed by atoms with van der Waals surface area (Å²) in [6, 6.07) is 3.20. The molecule has 0 atom stereocenters. The van der Waals surface area contributed by atoms with E-state index in [2.05, 4.69) is 4.98 Å². The summed E-state index contributed by atoms with van der Waals surface area (Å²) in [5.74, 6) is 0.309. The lowest BCUT2D eigenvalue weighted by molar-refractivity contribution is -0.136. The van der Waals surface area contributed by atoms with Crippen LogP contribution in [-0.4, -0.2) is 21.3 Å². The maximum Gasteiger partial charge on any atom is 0.417 e. The number of aromatic nitrogens is 2. The maximum atomic E-state index is 13.4. The molecule has 0 spiro atoms. The zero-order chi connectivity index (χ0) is 23.5. The van der Waals surface area contributed by atoms with Crippen LogP contribution in [0.15, 0.2) is 32.2 Å². The fourth-order valence-corrected chi connectivity index (χ4v) is 3.64. The van der Waals surface area contributed by atoms with Gasteiger partial charge in [0.1, 0.15) is 11.3 Å². The van der Waals surface area contributed by atoms with Crippen LogP contribution in [0.2, 0.25) is 0 Å². The highest BCUT2D eigenvalue weighted by Gasteiger charge is 2.34. The zero-order valence-electron chi connectivity index (χ0n) is 17.8. The smallest absolute Gasteiger partial charge is 0.417 e. The van der Waals surface area contributed by atoms with E-state index in [0.717, 1.165) is 0 Å². The van der Waals surface area contributed by atoms with Gasteiger partial charge in [0.2, 0.25) is 5.88 Å². The lowest BCUT2D eigenvalue weighted by Gasteiger charge is -2.15. The SMILES string of the molecule is CCCc1c(OCCCCCn2c(O)c(C)[nH]c2=O)ccc2c(C(F)(F)F)cc(=O)oc12. The summed E-state index contributed by atoms with van der Waals surface area (Å²) >= 11 is 0. The molecule has 1 aromatic carbocycles. The Bertz CT molecular complexity index is 1210. The highest BCUT2D eigenvalue weighted by Crippen LogP contribution is 2.37. The molecule has 2 heterocycles. The number of aryl methyl sites for hydroxylation is 2. The second kappa shape index (κ2) is 9.54. The van der Waals surface area contributed by atoms with E-state index in [1.807, 2.05) is 6.92 Å². The van der Waals surface area contributed by atoms with Crippen LogP contribution in [0, 0.1) is 6.92 Å². The predicted octanol–water partition coefficient (Wildman–Crippen LogP) is 4.52. The van der Waals surface area contributed by atoms with Gasteiger partial charge in [-0.2, -0.15) is 13.2 Å².